The highest BCUT2D eigenvalue weighted by atomic mass is 16.3. The highest BCUT2D eigenvalue weighted by Crippen LogP contribution is 2.26. The van der Waals surface area contributed by atoms with Crippen molar-refractivity contribution in [1.29, 1.82) is 0 Å². The third-order valence-corrected chi connectivity index (χ3v) is 4.32. The van der Waals surface area contributed by atoms with Gasteiger partial charge in [0.15, 0.2) is 0 Å². The molecule has 0 aliphatic rings. The molecule has 0 saturated carbocycles. The number of anilines is 2. The van der Waals surface area contributed by atoms with Gasteiger partial charge in [-0.05, 0) is 56.7 Å². The van der Waals surface area contributed by atoms with Gasteiger partial charge in [0.25, 0.3) is 0 Å². The lowest BCUT2D eigenvalue weighted by Crippen LogP contribution is -2.40. The van der Waals surface area contributed by atoms with Gasteiger partial charge in [-0.25, -0.2) is 0 Å². The van der Waals surface area contributed by atoms with Gasteiger partial charge in [-0.3, -0.25) is 9.59 Å². The quantitative estimate of drug-likeness (QED) is 0.788. The van der Waals surface area contributed by atoms with Crippen molar-refractivity contribution < 1.29 is 14.0 Å². The van der Waals surface area contributed by atoms with Crippen LogP contribution in [0.2, 0.25) is 0 Å². The zero-order valence-corrected chi connectivity index (χ0v) is 15.9. The smallest absolute Gasteiger partial charge is 0.240 e. The van der Waals surface area contributed by atoms with E-state index in [0.717, 1.165) is 30.0 Å². The van der Waals surface area contributed by atoms with Crippen LogP contribution in [-0.2, 0) is 16.1 Å². The van der Waals surface area contributed by atoms with E-state index < -0.39 is 0 Å². The number of nitrogens with one attached hydrogen (secondary N) is 1. The third-order valence-electron chi connectivity index (χ3n) is 4.32. The third kappa shape index (κ3) is 4.88. The molecule has 1 aromatic heterocycles. The fraction of sp³-hybridized carbons (Fsp3) is 0.400. The molecule has 2 aromatic rings. The lowest BCUT2D eigenvalue weighted by molar-refractivity contribution is -0.123. The van der Waals surface area contributed by atoms with E-state index in [4.69, 9.17) is 4.42 Å². The molecule has 0 aliphatic carbocycles. The Bertz CT molecular complexity index is 737. The van der Waals surface area contributed by atoms with Crippen LogP contribution >= 0.6 is 0 Å². The predicted octanol–water partition coefficient (Wildman–Crippen LogP) is 3.10. The summed E-state index contributed by atoms with van der Waals surface area (Å²) in [5.74, 6) is 0.271. The van der Waals surface area contributed by atoms with Gasteiger partial charge in [-0.1, -0.05) is 0 Å². The van der Waals surface area contributed by atoms with Crippen LogP contribution in [0.5, 0.6) is 0 Å². The second kappa shape index (κ2) is 9.08. The van der Waals surface area contributed by atoms with Crippen LogP contribution in [0, 0.1) is 6.92 Å². The second-order valence-electron chi connectivity index (χ2n) is 6.10. The van der Waals surface area contributed by atoms with Crippen LogP contribution in [0.15, 0.2) is 41.0 Å². The summed E-state index contributed by atoms with van der Waals surface area (Å²) in [7, 11) is 0. The largest absolute Gasteiger partial charge is 0.467 e. The molecule has 0 unspecified atom stereocenters. The summed E-state index contributed by atoms with van der Waals surface area (Å²) in [4.78, 5) is 28.1. The predicted molar refractivity (Wildman–Crippen MR) is 103 cm³/mol. The Morgan fingerprint density at radius 3 is 2.42 bits per heavy atom. The molecule has 1 heterocycles. The van der Waals surface area contributed by atoms with Crippen molar-refractivity contribution in [2.75, 3.05) is 29.4 Å². The maximum Gasteiger partial charge on any atom is 0.240 e. The fourth-order valence-electron chi connectivity index (χ4n) is 2.89. The van der Waals surface area contributed by atoms with Crippen molar-refractivity contribution in [3.05, 3.63) is 47.9 Å². The van der Waals surface area contributed by atoms with E-state index in [2.05, 4.69) is 30.1 Å². The summed E-state index contributed by atoms with van der Waals surface area (Å²) in [5, 5.41) is 2.77. The Morgan fingerprint density at radius 1 is 1.15 bits per heavy atom. The second-order valence-corrected chi connectivity index (χ2v) is 6.10. The average molecular weight is 357 g/mol. The molecule has 0 aliphatic heterocycles. The minimum Gasteiger partial charge on any atom is -0.467 e. The number of furan rings is 1. The summed E-state index contributed by atoms with van der Waals surface area (Å²) in [6, 6.07) is 9.51. The number of carbonyl (C=O) groups excluding carboxylic acids is 2. The highest BCUT2D eigenvalue weighted by Gasteiger charge is 2.18. The van der Waals surface area contributed by atoms with Crippen molar-refractivity contribution in [3.63, 3.8) is 0 Å². The lowest BCUT2D eigenvalue weighted by Gasteiger charge is -2.26. The number of amides is 2. The minimum absolute atomic E-state index is 0.0263. The van der Waals surface area contributed by atoms with Crippen molar-refractivity contribution in [2.24, 2.45) is 0 Å². The van der Waals surface area contributed by atoms with Gasteiger partial charge >= 0.3 is 0 Å². The number of hydrogen-bond donors (Lipinski definition) is 1. The van der Waals surface area contributed by atoms with Crippen molar-refractivity contribution in [2.45, 2.75) is 34.2 Å². The van der Waals surface area contributed by atoms with E-state index in [9.17, 15) is 9.59 Å². The maximum absolute atomic E-state index is 12.3. The normalized spacial score (nSPS) is 10.5. The van der Waals surface area contributed by atoms with Gasteiger partial charge in [-0.2, -0.15) is 0 Å². The van der Waals surface area contributed by atoms with Gasteiger partial charge in [0.05, 0.1) is 12.8 Å². The average Bonchev–Trinajstić information content (AvgIpc) is 3.13. The number of aryl methyl sites for hydroxylation is 1. The first-order valence-electron chi connectivity index (χ1n) is 8.89. The molecule has 1 aromatic carbocycles. The molecule has 0 spiro atoms. The topological polar surface area (TPSA) is 65.8 Å². The fourth-order valence-corrected chi connectivity index (χ4v) is 2.89. The zero-order valence-electron chi connectivity index (χ0n) is 15.9. The van der Waals surface area contributed by atoms with Crippen LogP contribution < -0.4 is 15.1 Å². The Morgan fingerprint density at radius 2 is 1.88 bits per heavy atom. The van der Waals surface area contributed by atoms with E-state index in [1.165, 1.54) is 11.8 Å². The van der Waals surface area contributed by atoms with Crippen LogP contribution in [0.3, 0.4) is 0 Å². The van der Waals surface area contributed by atoms with E-state index in [0.29, 0.717) is 12.3 Å². The van der Waals surface area contributed by atoms with E-state index in [1.807, 2.05) is 19.1 Å². The summed E-state index contributed by atoms with van der Waals surface area (Å²) in [6.07, 6.45) is 1.56. The van der Waals surface area contributed by atoms with Crippen LogP contribution in [0.4, 0.5) is 11.4 Å². The summed E-state index contributed by atoms with van der Waals surface area (Å²) in [6.45, 7) is 9.76. The lowest BCUT2D eigenvalue weighted by atomic mass is 10.1. The molecule has 0 radical (unpaired) electrons. The number of nitrogens with zero attached hydrogens (tertiary/aromatic N) is 2. The molecule has 2 amide bonds. The van der Waals surface area contributed by atoms with Crippen LogP contribution in [0.1, 0.15) is 32.1 Å². The molecule has 0 bridgehead atoms. The minimum atomic E-state index is -0.233. The first-order valence-corrected chi connectivity index (χ1v) is 8.89. The molecule has 2 rings (SSSR count). The monoisotopic (exact) mass is 357 g/mol. The van der Waals surface area contributed by atoms with Gasteiger partial charge < -0.3 is 19.5 Å². The first kappa shape index (κ1) is 19.6. The summed E-state index contributed by atoms with van der Waals surface area (Å²) >= 11 is 0. The van der Waals surface area contributed by atoms with Gasteiger partial charge in [0.2, 0.25) is 11.8 Å². The highest BCUT2D eigenvalue weighted by molar-refractivity contribution is 5.98. The van der Waals surface area contributed by atoms with Crippen LogP contribution in [0.25, 0.3) is 0 Å². The number of hydrogen-bond acceptors (Lipinski definition) is 4. The first-order chi connectivity index (χ1) is 12.5. The molecule has 1 N–H and O–H groups in total. The maximum atomic E-state index is 12.3. The Kier molecular flexibility index (Phi) is 6.83. The Labute approximate surface area is 154 Å². The van der Waals surface area contributed by atoms with Crippen molar-refractivity contribution >= 4 is 23.2 Å². The standard InChI is InChI=1S/C20H27N3O3/c1-5-22(6-2)17-9-10-19(15(3)12-17)23(16(4)24)14-20(25)21-13-18-8-7-11-26-18/h7-12H,5-6,13-14H2,1-4H3,(H,21,25). The van der Waals surface area contributed by atoms with Crippen LogP contribution in [-0.4, -0.2) is 31.4 Å². The molecule has 6 nitrogen and oxygen atoms in total. The molecule has 0 saturated heterocycles. The molecule has 6 heteroatoms. The van der Waals surface area contributed by atoms with E-state index in [-0.39, 0.29) is 18.4 Å². The molecule has 0 atom stereocenters. The summed E-state index contributed by atoms with van der Waals surface area (Å²) < 4.78 is 5.20. The number of rotatable bonds is 8. The van der Waals surface area contributed by atoms with E-state index in [1.54, 1.807) is 18.4 Å². The molecule has 26 heavy (non-hydrogen) atoms. The molecular weight excluding hydrogens is 330 g/mol. The Hall–Kier alpha value is -2.76. The molecular formula is C20H27N3O3. The summed E-state index contributed by atoms with van der Waals surface area (Å²) in [5.41, 5.74) is 2.83. The molecule has 140 valence electrons. The van der Waals surface area contributed by atoms with Crippen molar-refractivity contribution in [1.82, 2.24) is 5.32 Å². The number of benzene rings is 1. The van der Waals surface area contributed by atoms with Gasteiger partial charge in [0.1, 0.15) is 12.3 Å². The van der Waals surface area contributed by atoms with Gasteiger partial charge in [-0.15, -0.1) is 0 Å². The zero-order chi connectivity index (χ0) is 19.1. The Balaban J connectivity index is 2.11. The van der Waals surface area contributed by atoms with E-state index >= 15 is 0 Å². The van der Waals surface area contributed by atoms with Gasteiger partial charge in [0, 0.05) is 31.4 Å². The number of carbonyl (C=O) groups is 2. The molecule has 0 fully saturated rings. The van der Waals surface area contributed by atoms with Crippen molar-refractivity contribution in [3.8, 4) is 0 Å². The SMILES string of the molecule is CCN(CC)c1ccc(N(CC(=O)NCc2ccco2)C(C)=O)c(C)c1.